The number of non-ortho nitro benzene ring substituents is 1. The van der Waals surface area contributed by atoms with Gasteiger partial charge in [0.25, 0.3) is 5.69 Å². The third kappa shape index (κ3) is 3.63. The van der Waals surface area contributed by atoms with Gasteiger partial charge in [-0.2, -0.15) is 13.2 Å². The van der Waals surface area contributed by atoms with Crippen LogP contribution in [0, 0.1) is 10.1 Å². The van der Waals surface area contributed by atoms with Gasteiger partial charge in [0, 0.05) is 23.4 Å². The van der Waals surface area contributed by atoms with Crippen LogP contribution in [-0.2, 0) is 6.18 Å². The molecule has 1 aliphatic rings. The average molecular weight is 303 g/mol. The predicted octanol–water partition coefficient (Wildman–Crippen LogP) is 3.17. The summed E-state index contributed by atoms with van der Waals surface area (Å²) in [7, 11) is 0. The zero-order chi connectivity index (χ0) is 15.7. The van der Waals surface area contributed by atoms with Crippen molar-refractivity contribution in [3.05, 3.63) is 33.9 Å². The van der Waals surface area contributed by atoms with Gasteiger partial charge in [-0.3, -0.25) is 10.1 Å². The van der Waals surface area contributed by atoms with Crippen molar-refractivity contribution >= 4 is 11.4 Å². The van der Waals surface area contributed by atoms with Crippen molar-refractivity contribution in [3.63, 3.8) is 0 Å². The van der Waals surface area contributed by atoms with E-state index in [9.17, 15) is 23.3 Å². The topological polar surface area (TPSA) is 67.2 Å². The lowest BCUT2D eigenvalue weighted by molar-refractivity contribution is -0.385. The van der Waals surface area contributed by atoms with E-state index in [0.29, 0.717) is 18.9 Å². The van der Waals surface area contributed by atoms with E-state index in [1.165, 1.54) is 0 Å². The van der Waals surface area contributed by atoms with Crippen LogP contribution in [0.4, 0.5) is 24.5 Å². The van der Waals surface area contributed by atoms with Crippen LogP contribution in [-0.4, -0.2) is 23.6 Å². The molecule has 0 spiro atoms. The normalized spacial score (nSPS) is 18.3. The van der Waals surface area contributed by atoms with Crippen LogP contribution in [0.2, 0.25) is 0 Å². The van der Waals surface area contributed by atoms with E-state index in [1.54, 1.807) is 0 Å². The third-order valence-electron chi connectivity index (χ3n) is 3.66. The van der Waals surface area contributed by atoms with Crippen LogP contribution in [0.3, 0.4) is 0 Å². The highest BCUT2D eigenvalue weighted by Crippen LogP contribution is 2.38. The SMILES string of the molecule is CC1(Nc2ccc([N+](=O)[O-])cc2C(F)(F)F)CCNCC1. The van der Waals surface area contributed by atoms with Gasteiger partial charge in [-0.1, -0.05) is 0 Å². The summed E-state index contributed by atoms with van der Waals surface area (Å²) in [6.07, 6.45) is -3.28. The summed E-state index contributed by atoms with van der Waals surface area (Å²) in [5.41, 5.74) is -2.14. The molecule has 0 atom stereocenters. The molecular formula is C13H16F3N3O2. The lowest BCUT2D eigenvalue weighted by Gasteiger charge is -2.36. The summed E-state index contributed by atoms with van der Waals surface area (Å²) in [6, 6.07) is 2.79. The molecule has 0 unspecified atom stereocenters. The summed E-state index contributed by atoms with van der Waals surface area (Å²) in [6.45, 7) is 3.30. The summed E-state index contributed by atoms with van der Waals surface area (Å²) in [5, 5.41) is 16.7. The standard InChI is InChI=1S/C13H16F3N3O2/c1-12(4-6-17-7-5-12)18-11-3-2-9(19(20)21)8-10(11)13(14,15)16/h2-3,8,17-18H,4-7H2,1H3. The van der Waals surface area contributed by atoms with Crippen LogP contribution in [0.15, 0.2) is 18.2 Å². The molecule has 116 valence electrons. The van der Waals surface area contributed by atoms with E-state index in [1.807, 2.05) is 6.92 Å². The number of nitro groups is 1. The van der Waals surface area contributed by atoms with E-state index in [-0.39, 0.29) is 5.69 Å². The van der Waals surface area contributed by atoms with Crippen molar-refractivity contribution in [2.24, 2.45) is 0 Å². The molecule has 1 saturated heterocycles. The first-order valence-electron chi connectivity index (χ1n) is 6.56. The van der Waals surface area contributed by atoms with Crippen LogP contribution in [0.1, 0.15) is 25.3 Å². The van der Waals surface area contributed by atoms with Gasteiger partial charge in [-0.25, -0.2) is 0 Å². The Kier molecular flexibility index (Phi) is 4.08. The van der Waals surface area contributed by atoms with Crippen molar-refractivity contribution in [2.45, 2.75) is 31.5 Å². The number of nitrogens with one attached hydrogen (secondary N) is 2. The lowest BCUT2D eigenvalue weighted by Crippen LogP contribution is -2.45. The quantitative estimate of drug-likeness (QED) is 0.665. The first-order chi connectivity index (χ1) is 9.71. The number of nitro benzene ring substituents is 1. The minimum atomic E-state index is -4.64. The Bertz CT molecular complexity index is 540. The lowest BCUT2D eigenvalue weighted by atomic mass is 9.90. The Morgan fingerprint density at radius 3 is 2.48 bits per heavy atom. The molecule has 1 aromatic rings. The number of halogens is 3. The van der Waals surface area contributed by atoms with Gasteiger partial charge in [0.05, 0.1) is 10.5 Å². The molecule has 0 bridgehead atoms. The second-order valence-electron chi connectivity index (χ2n) is 5.42. The number of benzene rings is 1. The van der Waals surface area contributed by atoms with Gasteiger partial charge >= 0.3 is 6.18 Å². The van der Waals surface area contributed by atoms with E-state index >= 15 is 0 Å². The van der Waals surface area contributed by atoms with Crippen molar-refractivity contribution in [1.29, 1.82) is 0 Å². The number of hydrogen-bond acceptors (Lipinski definition) is 4. The molecule has 1 fully saturated rings. The molecule has 0 aromatic heterocycles. The van der Waals surface area contributed by atoms with Crippen molar-refractivity contribution in [1.82, 2.24) is 5.32 Å². The van der Waals surface area contributed by atoms with E-state index < -0.39 is 27.9 Å². The minimum absolute atomic E-state index is 0.113. The summed E-state index contributed by atoms with van der Waals surface area (Å²) < 4.78 is 39.3. The van der Waals surface area contributed by atoms with E-state index in [0.717, 1.165) is 25.2 Å². The Balaban J connectivity index is 2.36. The number of rotatable bonds is 3. The first-order valence-corrected chi connectivity index (χ1v) is 6.56. The monoisotopic (exact) mass is 303 g/mol. The molecule has 2 N–H and O–H groups in total. The Hall–Kier alpha value is -1.83. The molecule has 8 heteroatoms. The zero-order valence-corrected chi connectivity index (χ0v) is 11.5. The Morgan fingerprint density at radius 2 is 1.95 bits per heavy atom. The molecule has 1 aromatic carbocycles. The molecule has 5 nitrogen and oxygen atoms in total. The number of hydrogen-bond donors (Lipinski definition) is 2. The highest BCUT2D eigenvalue weighted by Gasteiger charge is 2.37. The molecule has 1 aliphatic heterocycles. The van der Waals surface area contributed by atoms with Crippen molar-refractivity contribution < 1.29 is 18.1 Å². The molecule has 0 saturated carbocycles. The second-order valence-corrected chi connectivity index (χ2v) is 5.42. The van der Waals surface area contributed by atoms with Gasteiger partial charge in [0.15, 0.2) is 0 Å². The molecule has 0 radical (unpaired) electrons. The maximum absolute atomic E-state index is 13.1. The largest absolute Gasteiger partial charge is 0.418 e. The Morgan fingerprint density at radius 1 is 1.33 bits per heavy atom. The summed E-state index contributed by atoms with van der Waals surface area (Å²) in [5.74, 6) is 0. The number of anilines is 1. The first kappa shape index (κ1) is 15.6. The summed E-state index contributed by atoms with van der Waals surface area (Å²) in [4.78, 5) is 9.83. The molecule has 1 heterocycles. The van der Waals surface area contributed by atoms with E-state index in [2.05, 4.69) is 10.6 Å². The molecule has 2 rings (SSSR count). The fourth-order valence-corrected chi connectivity index (χ4v) is 2.42. The van der Waals surface area contributed by atoms with Crippen molar-refractivity contribution in [3.8, 4) is 0 Å². The van der Waals surface area contributed by atoms with Crippen LogP contribution in [0.25, 0.3) is 0 Å². The van der Waals surface area contributed by atoms with Crippen LogP contribution in [0.5, 0.6) is 0 Å². The zero-order valence-electron chi connectivity index (χ0n) is 11.5. The van der Waals surface area contributed by atoms with Crippen molar-refractivity contribution in [2.75, 3.05) is 18.4 Å². The van der Waals surface area contributed by atoms with Gasteiger partial charge in [0.2, 0.25) is 0 Å². The highest BCUT2D eigenvalue weighted by molar-refractivity contribution is 5.58. The predicted molar refractivity (Wildman–Crippen MR) is 72.2 cm³/mol. The number of nitrogens with zero attached hydrogens (tertiary/aromatic N) is 1. The molecular weight excluding hydrogens is 287 g/mol. The number of alkyl halides is 3. The average Bonchev–Trinajstić information content (AvgIpc) is 2.38. The molecule has 21 heavy (non-hydrogen) atoms. The number of piperidine rings is 1. The smallest absolute Gasteiger partial charge is 0.379 e. The second kappa shape index (κ2) is 5.51. The highest BCUT2D eigenvalue weighted by atomic mass is 19.4. The van der Waals surface area contributed by atoms with Gasteiger partial charge < -0.3 is 10.6 Å². The maximum atomic E-state index is 13.1. The maximum Gasteiger partial charge on any atom is 0.418 e. The fraction of sp³-hybridized carbons (Fsp3) is 0.538. The minimum Gasteiger partial charge on any atom is -0.379 e. The van der Waals surface area contributed by atoms with E-state index in [4.69, 9.17) is 0 Å². The molecule has 0 aliphatic carbocycles. The van der Waals surface area contributed by atoms with Gasteiger partial charge in [-0.05, 0) is 38.9 Å². The third-order valence-corrected chi connectivity index (χ3v) is 3.66. The fourth-order valence-electron chi connectivity index (χ4n) is 2.42. The summed E-state index contributed by atoms with van der Waals surface area (Å²) >= 11 is 0. The van der Waals surface area contributed by atoms with Crippen LogP contribution < -0.4 is 10.6 Å². The Labute approximate surface area is 119 Å². The van der Waals surface area contributed by atoms with Gasteiger partial charge in [0.1, 0.15) is 0 Å². The van der Waals surface area contributed by atoms with Crippen LogP contribution >= 0.6 is 0 Å². The van der Waals surface area contributed by atoms with Gasteiger partial charge in [-0.15, -0.1) is 0 Å². The molecule has 0 amide bonds.